The van der Waals surface area contributed by atoms with E-state index >= 15 is 0 Å². The minimum absolute atomic E-state index is 0.0167. The molecule has 0 saturated carbocycles. The Hall–Kier alpha value is -2.97. The molecule has 0 spiro atoms. The molecule has 0 bridgehead atoms. The van der Waals surface area contributed by atoms with Crippen LogP contribution in [0.4, 0.5) is 0 Å². The Morgan fingerprint density at radius 1 is 1.50 bits per heavy atom. The third-order valence-corrected chi connectivity index (χ3v) is 3.86. The third kappa shape index (κ3) is 3.34. The van der Waals surface area contributed by atoms with Gasteiger partial charge in [-0.25, -0.2) is 0 Å². The Bertz CT molecular complexity index is 825. The van der Waals surface area contributed by atoms with E-state index in [2.05, 4.69) is 20.8 Å². The molecule has 1 fully saturated rings. The lowest BCUT2D eigenvalue weighted by molar-refractivity contribution is -0.122. The van der Waals surface area contributed by atoms with Gasteiger partial charge in [-0.3, -0.25) is 14.4 Å². The van der Waals surface area contributed by atoms with Crippen LogP contribution in [0.15, 0.2) is 27.6 Å². The lowest BCUT2D eigenvalue weighted by atomic mass is 9.97. The van der Waals surface area contributed by atoms with Gasteiger partial charge in [0.15, 0.2) is 5.82 Å². The predicted molar refractivity (Wildman–Crippen MR) is 82.1 cm³/mol. The first-order valence-electron chi connectivity index (χ1n) is 7.57. The van der Waals surface area contributed by atoms with Crippen LogP contribution in [0.2, 0.25) is 0 Å². The monoisotopic (exact) mass is 331 g/mol. The maximum atomic E-state index is 12.1. The fourth-order valence-electron chi connectivity index (χ4n) is 2.53. The van der Waals surface area contributed by atoms with E-state index in [1.54, 1.807) is 19.3 Å². The number of hydrogen-bond donors (Lipinski definition) is 2. The fraction of sp³-hybridized carbons (Fsp3) is 0.400. The first-order chi connectivity index (χ1) is 11.5. The molecule has 9 nitrogen and oxygen atoms in total. The molecular formula is C15H17N5O4. The Morgan fingerprint density at radius 2 is 2.33 bits per heavy atom. The SMILES string of the molecule is Cn1cccc(C(=O)NCc2nc(C3CCNC(=O)C3)no2)c1=O. The molecule has 0 aromatic carbocycles. The molecular weight excluding hydrogens is 314 g/mol. The average molecular weight is 331 g/mol. The van der Waals surface area contributed by atoms with Gasteiger partial charge in [0.25, 0.3) is 11.5 Å². The van der Waals surface area contributed by atoms with Crippen LogP contribution >= 0.6 is 0 Å². The molecule has 2 amide bonds. The van der Waals surface area contributed by atoms with Crippen LogP contribution in [0.3, 0.4) is 0 Å². The largest absolute Gasteiger partial charge is 0.356 e. The van der Waals surface area contributed by atoms with E-state index in [1.165, 1.54) is 10.6 Å². The second kappa shape index (κ2) is 6.65. The molecule has 0 aliphatic carbocycles. The second-order valence-corrected chi connectivity index (χ2v) is 5.61. The van der Waals surface area contributed by atoms with Gasteiger partial charge in [0, 0.05) is 32.1 Å². The number of piperidine rings is 1. The molecule has 1 aliphatic rings. The van der Waals surface area contributed by atoms with Crippen molar-refractivity contribution in [2.24, 2.45) is 7.05 Å². The van der Waals surface area contributed by atoms with Crippen molar-refractivity contribution in [3.63, 3.8) is 0 Å². The smallest absolute Gasteiger partial charge is 0.263 e. The zero-order chi connectivity index (χ0) is 17.1. The summed E-state index contributed by atoms with van der Waals surface area (Å²) in [6, 6.07) is 3.08. The number of nitrogens with one attached hydrogen (secondary N) is 2. The van der Waals surface area contributed by atoms with Gasteiger partial charge in [0.05, 0.1) is 6.54 Å². The van der Waals surface area contributed by atoms with Crippen molar-refractivity contribution in [2.45, 2.75) is 25.3 Å². The Balaban J connectivity index is 1.63. The summed E-state index contributed by atoms with van der Waals surface area (Å²) >= 11 is 0. The highest BCUT2D eigenvalue weighted by atomic mass is 16.5. The van der Waals surface area contributed by atoms with Crippen molar-refractivity contribution in [3.05, 3.63) is 46.0 Å². The molecule has 2 aromatic heterocycles. The number of carbonyl (C=O) groups is 2. The summed E-state index contributed by atoms with van der Waals surface area (Å²) in [6.45, 7) is 0.601. The van der Waals surface area contributed by atoms with Gasteiger partial charge in [0.1, 0.15) is 5.56 Å². The highest BCUT2D eigenvalue weighted by Gasteiger charge is 2.25. The highest BCUT2D eigenvalue weighted by molar-refractivity contribution is 5.93. The molecule has 1 aliphatic heterocycles. The average Bonchev–Trinajstić information content (AvgIpc) is 3.04. The Labute approximate surface area is 137 Å². The van der Waals surface area contributed by atoms with Crippen LogP contribution in [0.25, 0.3) is 0 Å². The molecule has 126 valence electrons. The van der Waals surface area contributed by atoms with Gasteiger partial charge in [-0.1, -0.05) is 5.16 Å². The molecule has 2 N–H and O–H groups in total. The topological polar surface area (TPSA) is 119 Å². The molecule has 1 unspecified atom stereocenters. The van der Waals surface area contributed by atoms with E-state index in [9.17, 15) is 14.4 Å². The summed E-state index contributed by atoms with van der Waals surface area (Å²) in [5, 5.41) is 9.20. The van der Waals surface area contributed by atoms with Gasteiger partial charge in [-0.15, -0.1) is 0 Å². The van der Waals surface area contributed by atoms with Crippen LogP contribution in [-0.4, -0.2) is 33.1 Å². The number of pyridine rings is 1. The lowest BCUT2D eigenvalue weighted by Gasteiger charge is -2.18. The van der Waals surface area contributed by atoms with Gasteiger partial charge in [-0.2, -0.15) is 4.98 Å². The molecule has 9 heteroatoms. The Morgan fingerprint density at radius 3 is 3.12 bits per heavy atom. The maximum Gasteiger partial charge on any atom is 0.263 e. The van der Waals surface area contributed by atoms with Crippen molar-refractivity contribution in [3.8, 4) is 0 Å². The zero-order valence-corrected chi connectivity index (χ0v) is 13.1. The van der Waals surface area contributed by atoms with Crippen LogP contribution in [0.1, 0.15) is 40.8 Å². The Kier molecular flexibility index (Phi) is 4.41. The summed E-state index contributed by atoms with van der Waals surface area (Å²) in [5.74, 6) is 0.0778. The van der Waals surface area contributed by atoms with E-state index in [0.29, 0.717) is 18.8 Å². The zero-order valence-electron chi connectivity index (χ0n) is 13.1. The van der Waals surface area contributed by atoms with E-state index in [4.69, 9.17) is 4.52 Å². The molecule has 1 atom stereocenters. The summed E-state index contributed by atoms with van der Waals surface area (Å²) < 4.78 is 6.43. The highest BCUT2D eigenvalue weighted by Crippen LogP contribution is 2.22. The maximum absolute atomic E-state index is 12.1. The first-order valence-corrected chi connectivity index (χ1v) is 7.57. The van der Waals surface area contributed by atoms with Crippen molar-refractivity contribution >= 4 is 11.8 Å². The first kappa shape index (κ1) is 15.9. The van der Waals surface area contributed by atoms with E-state index in [-0.39, 0.29) is 35.4 Å². The number of hydrogen-bond acceptors (Lipinski definition) is 6. The number of rotatable bonds is 4. The summed E-state index contributed by atoms with van der Waals surface area (Å²) in [4.78, 5) is 39.6. The molecule has 1 saturated heterocycles. The number of aromatic nitrogens is 3. The minimum Gasteiger partial charge on any atom is -0.356 e. The van der Waals surface area contributed by atoms with Crippen molar-refractivity contribution in [1.82, 2.24) is 25.3 Å². The number of carbonyl (C=O) groups excluding carboxylic acids is 2. The second-order valence-electron chi connectivity index (χ2n) is 5.61. The predicted octanol–water partition coefficient (Wildman–Crippen LogP) is -0.308. The van der Waals surface area contributed by atoms with Crippen molar-refractivity contribution in [1.29, 1.82) is 0 Å². The molecule has 24 heavy (non-hydrogen) atoms. The normalized spacial score (nSPS) is 17.4. The van der Waals surface area contributed by atoms with Gasteiger partial charge in [-0.05, 0) is 18.6 Å². The van der Waals surface area contributed by atoms with Crippen LogP contribution in [0.5, 0.6) is 0 Å². The molecule has 3 rings (SSSR count). The van der Waals surface area contributed by atoms with E-state index in [0.717, 1.165) is 6.42 Å². The molecule has 0 radical (unpaired) electrons. The van der Waals surface area contributed by atoms with E-state index < -0.39 is 5.91 Å². The quantitative estimate of drug-likeness (QED) is 0.793. The number of amides is 2. The summed E-state index contributed by atoms with van der Waals surface area (Å²) in [5.41, 5.74) is -0.335. The van der Waals surface area contributed by atoms with Crippen LogP contribution in [0, 0.1) is 0 Å². The fourth-order valence-corrected chi connectivity index (χ4v) is 2.53. The summed E-state index contributed by atoms with van der Waals surface area (Å²) in [6.07, 6.45) is 2.65. The molecule has 3 heterocycles. The van der Waals surface area contributed by atoms with Crippen LogP contribution < -0.4 is 16.2 Å². The van der Waals surface area contributed by atoms with Crippen LogP contribution in [-0.2, 0) is 18.4 Å². The van der Waals surface area contributed by atoms with Crippen molar-refractivity contribution in [2.75, 3.05) is 6.54 Å². The minimum atomic E-state index is -0.506. The standard InChI is InChI=1S/C15H17N5O4/c1-20-6-2-3-10(15(20)23)14(22)17-8-12-18-13(19-24-12)9-4-5-16-11(21)7-9/h2-3,6,9H,4-5,7-8H2,1H3,(H,16,21)(H,17,22). The number of aryl methyl sites for hydroxylation is 1. The van der Waals surface area contributed by atoms with Gasteiger partial charge in [0.2, 0.25) is 11.8 Å². The third-order valence-electron chi connectivity index (χ3n) is 3.86. The summed E-state index contributed by atoms with van der Waals surface area (Å²) in [7, 11) is 1.57. The van der Waals surface area contributed by atoms with Gasteiger partial charge < -0.3 is 19.7 Å². The van der Waals surface area contributed by atoms with Gasteiger partial charge >= 0.3 is 0 Å². The lowest BCUT2D eigenvalue weighted by Crippen LogP contribution is -2.33. The van der Waals surface area contributed by atoms with E-state index in [1.807, 2.05) is 0 Å². The number of nitrogens with zero attached hydrogens (tertiary/aromatic N) is 3. The molecule has 2 aromatic rings. The van der Waals surface area contributed by atoms with Crippen molar-refractivity contribution < 1.29 is 14.1 Å².